The van der Waals surface area contributed by atoms with Crippen molar-refractivity contribution in [3.63, 3.8) is 0 Å². The van der Waals surface area contributed by atoms with E-state index in [1.807, 2.05) is 23.1 Å². The lowest BCUT2D eigenvalue weighted by Crippen LogP contribution is -2.30. The van der Waals surface area contributed by atoms with Crippen LogP contribution < -0.4 is 5.73 Å². The molecule has 1 fully saturated rings. The normalized spacial score (nSPS) is 19.5. The van der Waals surface area contributed by atoms with Gasteiger partial charge in [0.05, 0.1) is 4.90 Å². The van der Waals surface area contributed by atoms with Crippen LogP contribution in [0.25, 0.3) is 0 Å². The minimum Gasteiger partial charge on any atom is -0.338 e. The van der Waals surface area contributed by atoms with Crippen molar-refractivity contribution in [1.29, 1.82) is 0 Å². The number of rotatable bonds is 5. The van der Waals surface area contributed by atoms with E-state index in [4.69, 9.17) is 5.73 Å². The number of hydrogen-bond donors (Lipinski definition) is 1. The molecule has 152 valence electrons. The summed E-state index contributed by atoms with van der Waals surface area (Å²) in [5.41, 5.74) is 7.62. The summed E-state index contributed by atoms with van der Waals surface area (Å²) in [6, 6.07) is 16.2. The molecule has 28 heavy (non-hydrogen) atoms. The minimum atomic E-state index is -3.50. The second kappa shape index (κ2) is 9.05. The number of hydrogen-bond acceptors (Lipinski definition) is 4. The van der Waals surface area contributed by atoms with Gasteiger partial charge in [-0.2, -0.15) is 0 Å². The van der Waals surface area contributed by atoms with E-state index in [-0.39, 0.29) is 35.0 Å². The SMILES string of the molecule is CN(C)S(=O)(=O)c1ccc(C(=O)N2C[C@@H](CN)[C@H](c3ccccc3)C2)cc1.Cl. The largest absolute Gasteiger partial charge is 0.338 e. The summed E-state index contributed by atoms with van der Waals surface area (Å²) in [5.74, 6) is 0.332. The number of likely N-dealkylation sites (tertiary alicyclic amines) is 1. The number of nitrogens with zero attached hydrogens (tertiary/aromatic N) is 2. The maximum atomic E-state index is 12.9. The monoisotopic (exact) mass is 423 g/mol. The molecule has 2 aromatic carbocycles. The third-order valence-electron chi connectivity index (χ3n) is 5.14. The molecule has 2 atom stereocenters. The predicted molar refractivity (Wildman–Crippen MR) is 112 cm³/mol. The zero-order chi connectivity index (χ0) is 19.6. The average Bonchev–Trinajstić information content (AvgIpc) is 3.12. The lowest BCUT2D eigenvalue weighted by molar-refractivity contribution is 0.0786. The Morgan fingerprint density at radius 2 is 1.68 bits per heavy atom. The second-order valence-corrected chi connectivity index (χ2v) is 9.19. The molecule has 0 aliphatic carbocycles. The van der Waals surface area contributed by atoms with Crippen LogP contribution in [0, 0.1) is 5.92 Å². The zero-order valence-corrected chi connectivity index (χ0v) is 17.6. The molecular formula is C20H26ClN3O3S. The quantitative estimate of drug-likeness (QED) is 0.798. The summed E-state index contributed by atoms with van der Waals surface area (Å²) in [7, 11) is -0.541. The predicted octanol–water partition coefficient (Wildman–Crippen LogP) is 2.17. The molecule has 1 amide bonds. The first-order valence-corrected chi connectivity index (χ1v) is 10.4. The van der Waals surface area contributed by atoms with E-state index in [1.165, 1.54) is 31.8 Å². The molecule has 0 saturated carbocycles. The molecule has 6 nitrogen and oxygen atoms in total. The third kappa shape index (κ3) is 4.38. The van der Waals surface area contributed by atoms with Crippen molar-refractivity contribution in [2.24, 2.45) is 11.7 Å². The topological polar surface area (TPSA) is 83.7 Å². The van der Waals surface area contributed by atoms with Crippen molar-refractivity contribution in [2.45, 2.75) is 10.8 Å². The van der Waals surface area contributed by atoms with Crippen molar-refractivity contribution in [3.05, 3.63) is 65.7 Å². The van der Waals surface area contributed by atoms with E-state index in [2.05, 4.69) is 12.1 Å². The number of benzene rings is 2. The van der Waals surface area contributed by atoms with Crippen molar-refractivity contribution in [3.8, 4) is 0 Å². The van der Waals surface area contributed by atoms with E-state index >= 15 is 0 Å². The van der Waals surface area contributed by atoms with Crippen LogP contribution in [0.3, 0.4) is 0 Å². The Balaban J connectivity index is 0.00000280. The molecule has 1 aliphatic heterocycles. The van der Waals surface area contributed by atoms with Crippen LogP contribution in [0.4, 0.5) is 0 Å². The van der Waals surface area contributed by atoms with Gasteiger partial charge in [0.25, 0.3) is 5.91 Å². The molecule has 0 unspecified atom stereocenters. The number of carbonyl (C=O) groups is 1. The number of carbonyl (C=O) groups excluding carboxylic acids is 1. The van der Waals surface area contributed by atoms with Gasteiger partial charge < -0.3 is 10.6 Å². The Hall–Kier alpha value is -1.93. The standard InChI is InChI=1S/C20H25N3O3S.ClH/c1-22(2)27(25,26)18-10-8-16(9-11-18)20(24)23-13-17(12-21)19(14-23)15-6-4-3-5-7-15;/h3-11,17,19H,12-14,21H2,1-2H3;1H/t17-,19+;/m1./s1. The van der Waals surface area contributed by atoms with Crippen LogP contribution in [0.2, 0.25) is 0 Å². The number of halogens is 1. The van der Waals surface area contributed by atoms with Crippen LogP contribution in [0.5, 0.6) is 0 Å². The molecular weight excluding hydrogens is 398 g/mol. The average molecular weight is 424 g/mol. The fraction of sp³-hybridized carbons (Fsp3) is 0.350. The van der Waals surface area contributed by atoms with Gasteiger partial charge in [0.1, 0.15) is 0 Å². The van der Waals surface area contributed by atoms with Gasteiger partial charge in [-0.1, -0.05) is 30.3 Å². The van der Waals surface area contributed by atoms with E-state index in [1.54, 1.807) is 12.1 Å². The van der Waals surface area contributed by atoms with E-state index in [0.29, 0.717) is 25.2 Å². The third-order valence-corrected chi connectivity index (χ3v) is 6.97. The summed E-state index contributed by atoms with van der Waals surface area (Å²) in [6.07, 6.45) is 0. The molecule has 3 rings (SSSR count). The number of sulfonamides is 1. The van der Waals surface area contributed by atoms with Gasteiger partial charge in [0.15, 0.2) is 0 Å². The lowest BCUT2D eigenvalue weighted by Gasteiger charge is -2.17. The highest BCUT2D eigenvalue weighted by molar-refractivity contribution is 7.89. The van der Waals surface area contributed by atoms with Crippen molar-refractivity contribution in [2.75, 3.05) is 33.7 Å². The molecule has 8 heteroatoms. The van der Waals surface area contributed by atoms with E-state index in [0.717, 1.165) is 4.31 Å². The molecule has 0 spiro atoms. The van der Waals surface area contributed by atoms with Gasteiger partial charge >= 0.3 is 0 Å². The summed E-state index contributed by atoms with van der Waals surface area (Å²) >= 11 is 0. The minimum absolute atomic E-state index is 0. The number of amides is 1. The molecule has 0 radical (unpaired) electrons. The van der Waals surface area contributed by atoms with Crippen molar-refractivity contribution >= 4 is 28.3 Å². The molecule has 0 aromatic heterocycles. The maximum absolute atomic E-state index is 12.9. The van der Waals surface area contributed by atoms with Crippen LogP contribution in [0.15, 0.2) is 59.5 Å². The van der Waals surface area contributed by atoms with Crippen molar-refractivity contribution in [1.82, 2.24) is 9.21 Å². The number of nitrogens with two attached hydrogens (primary N) is 1. The Morgan fingerprint density at radius 1 is 1.07 bits per heavy atom. The first-order chi connectivity index (χ1) is 12.8. The Morgan fingerprint density at radius 3 is 2.21 bits per heavy atom. The molecule has 2 aromatic rings. The smallest absolute Gasteiger partial charge is 0.253 e. The van der Waals surface area contributed by atoms with Gasteiger partial charge in [-0.3, -0.25) is 4.79 Å². The van der Waals surface area contributed by atoms with E-state index < -0.39 is 10.0 Å². The van der Waals surface area contributed by atoms with E-state index in [9.17, 15) is 13.2 Å². The summed E-state index contributed by atoms with van der Waals surface area (Å²) in [4.78, 5) is 14.9. The van der Waals surface area contributed by atoms with Gasteiger partial charge in [-0.15, -0.1) is 12.4 Å². The van der Waals surface area contributed by atoms with Gasteiger partial charge in [-0.05, 0) is 42.3 Å². The highest BCUT2D eigenvalue weighted by Crippen LogP contribution is 2.32. The Bertz CT molecular complexity index is 902. The fourth-order valence-corrected chi connectivity index (χ4v) is 4.42. The second-order valence-electron chi connectivity index (χ2n) is 7.03. The summed E-state index contributed by atoms with van der Waals surface area (Å²) in [6.45, 7) is 1.73. The van der Waals surface area contributed by atoms with Crippen LogP contribution >= 0.6 is 12.4 Å². The molecule has 2 N–H and O–H groups in total. The van der Waals surface area contributed by atoms with Crippen molar-refractivity contribution < 1.29 is 13.2 Å². The Labute approximate surface area is 172 Å². The zero-order valence-electron chi connectivity index (χ0n) is 16.0. The molecule has 1 aliphatic rings. The molecule has 1 heterocycles. The van der Waals surface area contributed by atoms with Crippen LogP contribution in [-0.4, -0.2) is 57.3 Å². The highest BCUT2D eigenvalue weighted by Gasteiger charge is 2.35. The van der Waals surface area contributed by atoms with Crippen LogP contribution in [-0.2, 0) is 10.0 Å². The van der Waals surface area contributed by atoms with Crippen LogP contribution in [0.1, 0.15) is 21.8 Å². The molecule has 0 bridgehead atoms. The fourth-order valence-electron chi connectivity index (χ4n) is 3.52. The summed E-state index contributed by atoms with van der Waals surface area (Å²) < 4.78 is 25.5. The van der Waals surface area contributed by atoms with Gasteiger partial charge in [0.2, 0.25) is 10.0 Å². The Kier molecular flexibility index (Phi) is 7.22. The maximum Gasteiger partial charge on any atom is 0.253 e. The van der Waals surface area contributed by atoms with Gasteiger partial charge in [0, 0.05) is 38.7 Å². The lowest BCUT2D eigenvalue weighted by atomic mass is 9.89. The first-order valence-electron chi connectivity index (χ1n) is 8.91. The van der Waals surface area contributed by atoms with Gasteiger partial charge in [-0.25, -0.2) is 12.7 Å². The molecule has 1 saturated heterocycles. The summed E-state index contributed by atoms with van der Waals surface area (Å²) in [5, 5.41) is 0. The highest BCUT2D eigenvalue weighted by atomic mass is 35.5. The first kappa shape index (κ1) is 22.4.